The molecule has 1 aliphatic carbocycles. The highest BCUT2D eigenvalue weighted by molar-refractivity contribution is 6.22. The van der Waals surface area contributed by atoms with E-state index < -0.39 is 0 Å². The monoisotopic (exact) mass is 905 g/mol. The van der Waals surface area contributed by atoms with Gasteiger partial charge in [0, 0.05) is 0 Å². The summed E-state index contributed by atoms with van der Waals surface area (Å²) in [7, 11) is 0. The van der Waals surface area contributed by atoms with Crippen LogP contribution >= 0.6 is 0 Å². The Bertz CT molecular complexity index is 2590. The first kappa shape index (κ1) is 51.2. The molecular formula is C68H88. The second-order valence-corrected chi connectivity index (χ2v) is 29.0. The minimum absolute atomic E-state index is 0.0606. The van der Waals surface area contributed by atoms with Gasteiger partial charge in [0.25, 0.3) is 0 Å². The molecule has 0 heterocycles. The molecule has 6 aromatic carbocycles. The zero-order valence-electron chi connectivity index (χ0n) is 47.2. The molecule has 6 aromatic rings. The second kappa shape index (κ2) is 16.5. The maximum Gasteiger partial charge on any atom is -0.000740 e. The van der Waals surface area contributed by atoms with Crippen molar-refractivity contribution in [2.75, 3.05) is 0 Å². The summed E-state index contributed by atoms with van der Waals surface area (Å²) < 4.78 is 0. The van der Waals surface area contributed by atoms with Gasteiger partial charge in [-0.25, -0.2) is 0 Å². The molecule has 0 amide bonds. The molecule has 0 unspecified atom stereocenters. The number of hydrogen-bond donors (Lipinski definition) is 0. The lowest BCUT2D eigenvalue weighted by Gasteiger charge is -2.37. The summed E-state index contributed by atoms with van der Waals surface area (Å²) in [6, 6.07) is 39.8. The molecule has 0 saturated heterocycles. The van der Waals surface area contributed by atoms with E-state index in [9.17, 15) is 0 Å². The van der Waals surface area contributed by atoms with Crippen LogP contribution < -0.4 is 0 Å². The van der Waals surface area contributed by atoms with Crippen molar-refractivity contribution in [2.45, 2.75) is 209 Å². The van der Waals surface area contributed by atoms with Gasteiger partial charge in [0.05, 0.1) is 0 Å². The quantitative estimate of drug-likeness (QED) is 0.165. The summed E-state index contributed by atoms with van der Waals surface area (Å²) >= 11 is 0. The molecule has 0 atom stereocenters. The Morgan fingerprint density at radius 3 is 0.485 bits per heavy atom. The standard InChI is InChI=1S/C68H88/c1-61(2,3)45-29-41(30-46(37-45)62(4,5)6)55-56(42-31-47(63(7,8)9)38-48(32-42)64(10,11)12)58(44-35-51(67(19,20)21)40-52(36-44)68(22,23)24)60-54-28-26-25-27-53(54)59(60)57(55)43-33-49(65(13,14)15)39-50(34-43)66(16,17)18/h25-40H,1-24H3. The van der Waals surface area contributed by atoms with Gasteiger partial charge in [0.15, 0.2) is 0 Å². The number of rotatable bonds is 4. The van der Waals surface area contributed by atoms with Crippen LogP contribution in [0.15, 0.2) is 97.1 Å². The van der Waals surface area contributed by atoms with Gasteiger partial charge in [0.2, 0.25) is 0 Å². The predicted molar refractivity (Wildman–Crippen MR) is 302 cm³/mol. The van der Waals surface area contributed by atoms with Crippen molar-refractivity contribution in [3.8, 4) is 66.8 Å². The molecule has 0 nitrogen and oxygen atoms in total. The van der Waals surface area contributed by atoms with Gasteiger partial charge in [-0.05, 0) is 155 Å². The van der Waals surface area contributed by atoms with E-state index in [1.165, 1.54) is 111 Å². The van der Waals surface area contributed by atoms with Crippen LogP contribution in [0.2, 0.25) is 0 Å². The van der Waals surface area contributed by atoms with Gasteiger partial charge >= 0.3 is 0 Å². The lowest BCUT2D eigenvalue weighted by molar-refractivity contribution is 0.568. The summed E-state index contributed by atoms with van der Waals surface area (Å²) in [5.41, 5.74) is 26.4. The van der Waals surface area contributed by atoms with E-state index in [1.54, 1.807) is 0 Å². The van der Waals surface area contributed by atoms with Gasteiger partial charge in [-0.3, -0.25) is 0 Å². The predicted octanol–water partition coefficient (Wildman–Crippen LogP) is 20.4. The molecule has 0 heteroatoms. The number of benzene rings is 6. The van der Waals surface area contributed by atoms with Crippen LogP contribution in [0.3, 0.4) is 0 Å². The Balaban J connectivity index is 1.91. The summed E-state index contributed by atoms with van der Waals surface area (Å²) in [5, 5.41) is 0. The van der Waals surface area contributed by atoms with Crippen LogP contribution in [0.5, 0.6) is 0 Å². The largest absolute Gasteiger partial charge is 0.0616 e. The van der Waals surface area contributed by atoms with Gasteiger partial charge in [-0.2, -0.15) is 0 Å². The van der Waals surface area contributed by atoms with E-state index in [4.69, 9.17) is 0 Å². The molecule has 0 saturated carbocycles. The lowest BCUT2D eigenvalue weighted by atomic mass is 9.65. The minimum Gasteiger partial charge on any atom is -0.0616 e. The van der Waals surface area contributed by atoms with Crippen molar-refractivity contribution in [1.29, 1.82) is 0 Å². The highest BCUT2D eigenvalue weighted by atomic mass is 14.4. The first-order chi connectivity index (χ1) is 30.8. The second-order valence-electron chi connectivity index (χ2n) is 29.0. The van der Waals surface area contributed by atoms with Crippen LogP contribution in [0.4, 0.5) is 0 Å². The number of fused-ring (bicyclic) bond motifs is 4. The molecule has 1 aliphatic rings. The molecule has 360 valence electrons. The van der Waals surface area contributed by atoms with E-state index in [-0.39, 0.29) is 43.3 Å². The summed E-state index contributed by atoms with van der Waals surface area (Å²) in [6.07, 6.45) is 0. The third kappa shape index (κ3) is 9.87. The van der Waals surface area contributed by atoms with Gasteiger partial charge < -0.3 is 0 Å². The van der Waals surface area contributed by atoms with Crippen LogP contribution in [0, 0.1) is 0 Å². The fourth-order valence-corrected chi connectivity index (χ4v) is 9.85. The van der Waals surface area contributed by atoms with Crippen LogP contribution in [-0.2, 0) is 43.3 Å². The Labute approximate surface area is 415 Å². The maximum atomic E-state index is 2.57. The Morgan fingerprint density at radius 1 is 0.191 bits per heavy atom. The Hall–Kier alpha value is -4.68. The molecular weight excluding hydrogens is 817 g/mol. The van der Waals surface area contributed by atoms with Gasteiger partial charge in [0.1, 0.15) is 0 Å². The fraction of sp³-hybridized carbons (Fsp3) is 0.471. The van der Waals surface area contributed by atoms with Gasteiger partial charge in [-0.1, -0.05) is 263 Å². The van der Waals surface area contributed by atoms with E-state index in [0.29, 0.717) is 0 Å². The van der Waals surface area contributed by atoms with Crippen LogP contribution in [0.25, 0.3) is 66.8 Å². The molecule has 0 aromatic heterocycles. The van der Waals surface area contributed by atoms with Crippen LogP contribution in [0.1, 0.15) is 211 Å². The molecule has 0 radical (unpaired) electrons. The average molecular weight is 905 g/mol. The summed E-state index contributed by atoms with van der Waals surface area (Å²) in [4.78, 5) is 0. The normalized spacial score (nSPS) is 13.9. The maximum absolute atomic E-state index is 2.57. The zero-order chi connectivity index (χ0) is 50.9. The third-order valence-electron chi connectivity index (χ3n) is 14.8. The lowest BCUT2D eigenvalue weighted by Crippen LogP contribution is -2.19. The van der Waals surface area contributed by atoms with Crippen molar-refractivity contribution in [3.05, 3.63) is 142 Å². The minimum atomic E-state index is -0.0780. The van der Waals surface area contributed by atoms with Crippen LogP contribution in [-0.4, -0.2) is 0 Å². The summed E-state index contributed by atoms with van der Waals surface area (Å²) in [5.74, 6) is 0. The molecule has 0 aliphatic heterocycles. The summed E-state index contributed by atoms with van der Waals surface area (Å²) in [6.45, 7) is 57.2. The third-order valence-corrected chi connectivity index (χ3v) is 14.8. The Kier molecular flexibility index (Phi) is 12.4. The fourth-order valence-electron chi connectivity index (χ4n) is 9.85. The molecule has 0 fully saturated rings. The van der Waals surface area contributed by atoms with Crippen molar-refractivity contribution >= 4 is 0 Å². The van der Waals surface area contributed by atoms with E-state index >= 15 is 0 Å². The number of hydrogen-bond acceptors (Lipinski definition) is 0. The van der Waals surface area contributed by atoms with E-state index in [1.807, 2.05) is 0 Å². The van der Waals surface area contributed by atoms with E-state index in [0.717, 1.165) is 0 Å². The molecule has 0 spiro atoms. The highest BCUT2D eigenvalue weighted by Crippen LogP contribution is 2.63. The van der Waals surface area contributed by atoms with Gasteiger partial charge in [-0.15, -0.1) is 0 Å². The smallest absolute Gasteiger partial charge is 0.000740 e. The SMILES string of the molecule is CC(C)(C)c1cc(-c2c(-c3cc(C(C)(C)C)cc(C(C)(C)C)c3)c(-c3cc(C(C)(C)C)cc(C(C)(C)C)c3)c3c(c2-c2cc(C(C)(C)C)cc(C(C)(C)C)c2)-c2ccccc2-3)cc(C(C)(C)C)c1. The molecule has 0 bridgehead atoms. The topological polar surface area (TPSA) is 0 Å². The average Bonchev–Trinajstić information content (AvgIpc) is 3.18. The first-order valence-electron chi connectivity index (χ1n) is 25.8. The molecule has 68 heavy (non-hydrogen) atoms. The zero-order valence-corrected chi connectivity index (χ0v) is 47.2. The van der Waals surface area contributed by atoms with E-state index in [2.05, 4.69) is 263 Å². The first-order valence-corrected chi connectivity index (χ1v) is 25.8. The van der Waals surface area contributed by atoms with Crippen molar-refractivity contribution in [3.63, 3.8) is 0 Å². The van der Waals surface area contributed by atoms with Crippen molar-refractivity contribution in [2.24, 2.45) is 0 Å². The molecule has 0 N–H and O–H groups in total. The molecule has 7 rings (SSSR count). The Morgan fingerprint density at radius 2 is 0.338 bits per heavy atom. The van der Waals surface area contributed by atoms with Crippen molar-refractivity contribution in [1.82, 2.24) is 0 Å². The highest BCUT2D eigenvalue weighted by Gasteiger charge is 2.38. The van der Waals surface area contributed by atoms with Crippen molar-refractivity contribution < 1.29 is 0 Å².